The van der Waals surface area contributed by atoms with Gasteiger partial charge in [-0.05, 0) is 36.5 Å². The number of phenols is 1. The standard InChI is InChI=1S/C16H23N3O3/c1-12(20)19-7-5-13(6-8-19)10-17-16(22)18-11-14-3-2-4-15(21)9-14/h2-4,9,13,21H,5-8,10-11H2,1H3,(H2,17,18,22). The Morgan fingerprint density at radius 3 is 2.64 bits per heavy atom. The summed E-state index contributed by atoms with van der Waals surface area (Å²) in [6.45, 7) is 4.13. The second-order valence-electron chi connectivity index (χ2n) is 5.68. The number of likely N-dealkylation sites (tertiary alicyclic amines) is 1. The lowest BCUT2D eigenvalue weighted by Crippen LogP contribution is -2.42. The molecule has 120 valence electrons. The Hall–Kier alpha value is -2.24. The summed E-state index contributed by atoms with van der Waals surface area (Å²) in [7, 11) is 0. The molecule has 22 heavy (non-hydrogen) atoms. The Bertz CT molecular complexity index is 525. The first kappa shape index (κ1) is 16.1. The van der Waals surface area contributed by atoms with Crippen LogP contribution in [0.1, 0.15) is 25.3 Å². The van der Waals surface area contributed by atoms with Gasteiger partial charge in [0.05, 0.1) is 0 Å². The van der Waals surface area contributed by atoms with Crippen LogP contribution in [0, 0.1) is 5.92 Å². The normalized spacial score (nSPS) is 15.4. The molecule has 0 atom stereocenters. The Morgan fingerprint density at radius 2 is 2.00 bits per heavy atom. The summed E-state index contributed by atoms with van der Waals surface area (Å²) in [5, 5.41) is 15.0. The number of amides is 3. The molecule has 1 fully saturated rings. The van der Waals surface area contributed by atoms with E-state index in [1.54, 1.807) is 25.1 Å². The largest absolute Gasteiger partial charge is 0.508 e. The molecule has 2 rings (SSSR count). The van der Waals surface area contributed by atoms with E-state index in [-0.39, 0.29) is 17.7 Å². The van der Waals surface area contributed by atoms with E-state index in [1.807, 2.05) is 11.0 Å². The predicted octanol–water partition coefficient (Wildman–Crippen LogP) is 1.45. The van der Waals surface area contributed by atoms with Gasteiger partial charge in [-0.2, -0.15) is 0 Å². The third kappa shape index (κ3) is 4.95. The number of piperidine rings is 1. The molecule has 0 radical (unpaired) electrons. The predicted molar refractivity (Wildman–Crippen MR) is 83.3 cm³/mol. The number of nitrogens with zero attached hydrogens (tertiary/aromatic N) is 1. The van der Waals surface area contributed by atoms with Crippen LogP contribution in [-0.2, 0) is 11.3 Å². The molecule has 0 spiro atoms. The first-order valence-corrected chi connectivity index (χ1v) is 7.59. The maximum absolute atomic E-state index is 11.8. The van der Waals surface area contributed by atoms with Crippen molar-refractivity contribution in [3.05, 3.63) is 29.8 Å². The van der Waals surface area contributed by atoms with Crippen LogP contribution in [0.3, 0.4) is 0 Å². The molecule has 3 amide bonds. The van der Waals surface area contributed by atoms with Gasteiger partial charge >= 0.3 is 6.03 Å². The zero-order valence-electron chi connectivity index (χ0n) is 12.8. The highest BCUT2D eigenvalue weighted by Gasteiger charge is 2.20. The van der Waals surface area contributed by atoms with Gasteiger partial charge < -0.3 is 20.6 Å². The number of hydrogen-bond donors (Lipinski definition) is 3. The van der Waals surface area contributed by atoms with E-state index >= 15 is 0 Å². The Kier molecular flexibility index (Phi) is 5.63. The van der Waals surface area contributed by atoms with E-state index in [1.165, 1.54) is 0 Å². The molecule has 0 unspecified atom stereocenters. The lowest BCUT2D eigenvalue weighted by Gasteiger charge is -2.31. The van der Waals surface area contributed by atoms with E-state index in [2.05, 4.69) is 10.6 Å². The number of nitrogens with one attached hydrogen (secondary N) is 2. The first-order chi connectivity index (χ1) is 10.5. The molecule has 1 heterocycles. The summed E-state index contributed by atoms with van der Waals surface area (Å²) in [5.74, 6) is 0.731. The second kappa shape index (κ2) is 7.68. The minimum absolute atomic E-state index is 0.121. The van der Waals surface area contributed by atoms with Crippen LogP contribution in [0.5, 0.6) is 5.75 Å². The quantitative estimate of drug-likeness (QED) is 0.787. The average Bonchev–Trinajstić information content (AvgIpc) is 2.51. The van der Waals surface area contributed by atoms with Crippen molar-refractivity contribution in [2.45, 2.75) is 26.3 Å². The number of aromatic hydroxyl groups is 1. The minimum atomic E-state index is -0.211. The number of benzene rings is 1. The van der Waals surface area contributed by atoms with Crippen LogP contribution >= 0.6 is 0 Å². The molecule has 1 aromatic rings. The number of carbonyl (C=O) groups excluding carboxylic acids is 2. The van der Waals surface area contributed by atoms with Gasteiger partial charge in [-0.25, -0.2) is 4.79 Å². The average molecular weight is 305 g/mol. The van der Waals surface area contributed by atoms with Gasteiger partial charge in [-0.15, -0.1) is 0 Å². The van der Waals surface area contributed by atoms with Crippen LogP contribution in [0.4, 0.5) is 4.79 Å². The summed E-state index contributed by atoms with van der Waals surface area (Å²) >= 11 is 0. The highest BCUT2D eigenvalue weighted by atomic mass is 16.3. The van der Waals surface area contributed by atoms with E-state index in [0.29, 0.717) is 19.0 Å². The van der Waals surface area contributed by atoms with Crippen molar-refractivity contribution in [2.75, 3.05) is 19.6 Å². The van der Waals surface area contributed by atoms with Gasteiger partial charge in [0.2, 0.25) is 5.91 Å². The maximum Gasteiger partial charge on any atom is 0.315 e. The molecule has 0 bridgehead atoms. The monoisotopic (exact) mass is 305 g/mol. The minimum Gasteiger partial charge on any atom is -0.508 e. The van der Waals surface area contributed by atoms with Gasteiger partial charge in [-0.1, -0.05) is 12.1 Å². The van der Waals surface area contributed by atoms with Gasteiger partial charge in [0.25, 0.3) is 0 Å². The maximum atomic E-state index is 11.8. The molecule has 1 aliphatic heterocycles. The number of phenolic OH excluding ortho intramolecular Hbond substituents is 1. The van der Waals surface area contributed by atoms with Crippen molar-refractivity contribution in [3.63, 3.8) is 0 Å². The SMILES string of the molecule is CC(=O)N1CCC(CNC(=O)NCc2cccc(O)c2)CC1. The number of rotatable bonds is 4. The fourth-order valence-corrected chi connectivity index (χ4v) is 2.60. The van der Waals surface area contributed by atoms with Crippen LogP contribution in [0.25, 0.3) is 0 Å². The highest BCUT2D eigenvalue weighted by molar-refractivity contribution is 5.74. The molecule has 1 saturated heterocycles. The fraction of sp³-hybridized carbons (Fsp3) is 0.500. The van der Waals surface area contributed by atoms with Gasteiger partial charge in [0, 0.05) is 33.1 Å². The molecule has 0 aromatic heterocycles. The second-order valence-corrected chi connectivity index (χ2v) is 5.68. The van der Waals surface area contributed by atoms with Gasteiger partial charge in [0.15, 0.2) is 0 Å². The number of urea groups is 1. The van der Waals surface area contributed by atoms with Crippen molar-refractivity contribution in [3.8, 4) is 5.75 Å². The molecule has 0 aliphatic carbocycles. The molecule has 6 nitrogen and oxygen atoms in total. The van der Waals surface area contributed by atoms with E-state index in [9.17, 15) is 14.7 Å². The highest BCUT2D eigenvalue weighted by Crippen LogP contribution is 2.16. The van der Waals surface area contributed by atoms with Crippen LogP contribution < -0.4 is 10.6 Å². The number of carbonyl (C=O) groups is 2. The van der Waals surface area contributed by atoms with Crippen molar-refractivity contribution in [2.24, 2.45) is 5.92 Å². The third-order valence-electron chi connectivity index (χ3n) is 3.97. The smallest absolute Gasteiger partial charge is 0.315 e. The third-order valence-corrected chi connectivity index (χ3v) is 3.97. The van der Waals surface area contributed by atoms with Crippen LogP contribution in [0.2, 0.25) is 0 Å². The molecule has 1 aromatic carbocycles. The fourth-order valence-electron chi connectivity index (χ4n) is 2.60. The Balaban J connectivity index is 1.65. The van der Waals surface area contributed by atoms with Gasteiger partial charge in [0.1, 0.15) is 5.75 Å². The summed E-state index contributed by atoms with van der Waals surface area (Å²) < 4.78 is 0. The summed E-state index contributed by atoms with van der Waals surface area (Å²) in [4.78, 5) is 24.9. The molecular formula is C16H23N3O3. The van der Waals surface area contributed by atoms with Crippen LogP contribution in [-0.4, -0.2) is 41.6 Å². The zero-order valence-corrected chi connectivity index (χ0v) is 12.8. The molecule has 6 heteroatoms. The number of hydrogen-bond acceptors (Lipinski definition) is 3. The summed E-state index contributed by atoms with van der Waals surface area (Å²) in [5.41, 5.74) is 0.852. The lowest BCUT2D eigenvalue weighted by molar-refractivity contribution is -0.130. The van der Waals surface area contributed by atoms with Crippen molar-refractivity contribution in [1.82, 2.24) is 15.5 Å². The van der Waals surface area contributed by atoms with Gasteiger partial charge in [-0.3, -0.25) is 4.79 Å². The Morgan fingerprint density at radius 1 is 1.27 bits per heavy atom. The molecule has 1 aliphatic rings. The topological polar surface area (TPSA) is 81.7 Å². The van der Waals surface area contributed by atoms with Crippen LogP contribution in [0.15, 0.2) is 24.3 Å². The van der Waals surface area contributed by atoms with Crippen molar-refractivity contribution >= 4 is 11.9 Å². The first-order valence-electron chi connectivity index (χ1n) is 7.59. The molecule has 0 saturated carbocycles. The zero-order chi connectivity index (χ0) is 15.9. The summed E-state index contributed by atoms with van der Waals surface area (Å²) in [6.07, 6.45) is 1.85. The summed E-state index contributed by atoms with van der Waals surface area (Å²) in [6, 6.07) is 6.59. The van der Waals surface area contributed by atoms with E-state index in [0.717, 1.165) is 31.5 Å². The van der Waals surface area contributed by atoms with Crippen molar-refractivity contribution < 1.29 is 14.7 Å². The molecule has 3 N–H and O–H groups in total. The van der Waals surface area contributed by atoms with E-state index in [4.69, 9.17) is 0 Å². The van der Waals surface area contributed by atoms with Crippen molar-refractivity contribution in [1.29, 1.82) is 0 Å². The lowest BCUT2D eigenvalue weighted by atomic mass is 9.97. The Labute approximate surface area is 130 Å². The molecular weight excluding hydrogens is 282 g/mol. The van der Waals surface area contributed by atoms with E-state index < -0.39 is 0 Å².